The Bertz CT molecular complexity index is 702. The molecule has 1 amide bonds. The smallest absolute Gasteiger partial charge is 0.254 e. The number of carbonyl (C=O) groups is 1. The predicted molar refractivity (Wildman–Crippen MR) is 104 cm³/mol. The molecular formula is C21H26ClNO2. The molecule has 0 radical (unpaired) electrons. The van der Waals surface area contributed by atoms with E-state index in [1.807, 2.05) is 81.1 Å². The van der Waals surface area contributed by atoms with Gasteiger partial charge in [0.05, 0.1) is 12.5 Å². The number of ether oxygens (including phenoxy) is 1. The Morgan fingerprint density at radius 1 is 0.960 bits per heavy atom. The Morgan fingerprint density at radius 3 is 2.08 bits per heavy atom. The summed E-state index contributed by atoms with van der Waals surface area (Å²) in [6.45, 7) is 8.13. The van der Waals surface area contributed by atoms with Crippen LogP contribution in [0.3, 0.4) is 0 Å². The SMILES string of the molecule is COc1cccc(C(Cl)c2ccc(C(=O)N(C(C)C)C(C)C)cc2)c1. The van der Waals surface area contributed by atoms with Crippen LogP contribution in [0.25, 0.3) is 0 Å². The molecule has 3 nitrogen and oxygen atoms in total. The van der Waals surface area contributed by atoms with Gasteiger partial charge in [-0.3, -0.25) is 4.79 Å². The van der Waals surface area contributed by atoms with E-state index in [0.29, 0.717) is 5.56 Å². The van der Waals surface area contributed by atoms with Crippen molar-refractivity contribution in [2.75, 3.05) is 7.11 Å². The number of carbonyl (C=O) groups excluding carboxylic acids is 1. The number of halogens is 1. The van der Waals surface area contributed by atoms with Crippen molar-refractivity contribution in [3.05, 3.63) is 65.2 Å². The van der Waals surface area contributed by atoms with Gasteiger partial charge in [0.1, 0.15) is 5.75 Å². The Balaban J connectivity index is 2.22. The van der Waals surface area contributed by atoms with Crippen LogP contribution in [0.4, 0.5) is 0 Å². The maximum Gasteiger partial charge on any atom is 0.254 e. The van der Waals surface area contributed by atoms with E-state index < -0.39 is 0 Å². The zero-order chi connectivity index (χ0) is 18.6. The fourth-order valence-electron chi connectivity index (χ4n) is 3.00. The summed E-state index contributed by atoms with van der Waals surface area (Å²) >= 11 is 6.61. The normalized spacial score (nSPS) is 12.3. The van der Waals surface area contributed by atoms with Crippen LogP contribution in [0.15, 0.2) is 48.5 Å². The minimum absolute atomic E-state index is 0.0454. The molecule has 0 aliphatic rings. The average Bonchev–Trinajstić information content (AvgIpc) is 2.60. The standard InChI is InChI=1S/C21H26ClNO2/c1-14(2)23(15(3)4)21(24)17-11-9-16(10-12-17)20(22)18-7-6-8-19(13-18)25-5/h6-15,20H,1-5H3. The zero-order valence-corrected chi connectivity index (χ0v) is 16.2. The van der Waals surface area contributed by atoms with Gasteiger partial charge in [-0.25, -0.2) is 0 Å². The lowest BCUT2D eigenvalue weighted by molar-refractivity contribution is 0.0643. The monoisotopic (exact) mass is 359 g/mol. The molecule has 1 unspecified atom stereocenters. The predicted octanol–water partition coefficient (Wildman–Crippen LogP) is 5.28. The summed E-state index contributed by atoms with van der Waals surface area (Å²) in [5, 5.41) is -0.287. The number of amides is 1. The van der Waals surface area contributed by atoms with E-state index in [0.717, 1.165) is 16.9 Å². The Kier molecular flexibility index (Phi) is 6.49. The quantitative estimate of drug-likeness (QED) is 0.656. The van der Waals surface area contributed by atoms with E-state index in [9.17, 15) is 4.79 Å². The van der Waals surface area contributed by atoms with Crippen molar-refractivity contribution in [3.8, 4) is 5.75 Å². The topological polar surface area (TPSA) is 29.5 Å². The Hall–Kier alpha value is -2.00. The van der Waals surface area contributed by atoms with Gasteiger partial charge in [-0.05, 0) is 63.1 Å². The van der Waals surface area contributed by atoms with E-state index in [4.69, 9.17) is 16.3 Å². The molecule has 0 aromatic heterocycles. The average molecular weight is 360 g/mol. The molecule has 2 aromatic carbocycles. The van der Waals surface area contributed by atoms with Gasteiger partial charge in [-0.2, -0.15) is 0 Å². The molecule has 0 saturated carbocycles. The summed E-state index contributed by atoms with van der Waals surface area (Å²) in [5.41, 5.74) is 2.60. The van der Waals surface area contributed by atoms with E-state index in [1.54, 1.807) is 7.11 Å². The molecule has 0 fully saturated rings. The van der Waals surface area contributed by atoms with Gasteiger partial charge in [-0.1, -0.05) is 24.3 Å². The molecule has 2 aromatic rings. The van der Waals surface area contributed by atoms with Crippen LogP contribution in [0, 0.1) is 0 Å². The number of rotatable bonds is 6. The van der Waals surface area contributed by atoms with E-state index in [1.165, 1.54) is 0 Å². The van der Waals surface area contributed by atoms with E-state index >= 15 is 0 Å². The van der Waals surface area contributed by atoms with Crippen LogP contribution in [0.2, 0.25) is 0 Å². The molecule has 0 heterocycles. The van der Waals surface area contributed by atoms with Crippen molar-refractivity contribution in [2.45, 2.75) is 45.2 Å². The van der Waals surface area contributed by atoms with Crippen molar-refractivity contribution in [3.63, 3.8) is 0 Å². The summed E-state index contributed by atoms with van der Waals surface area (Å²) in [5.74, 6) is 0.823. The summed E-state index contributed by atoms with van der Waals surface area (Å²) in [4.78, 5) is 14.6. The third-order valence-electron chi connectivity index (χ3n) is 4.18. The van der Waals surface area contributed by atoms with Gasteiger partial charge < -0.3 is 9.64 Å². The van der Waals surface area contributed by atoms with Crippen molar-refractivity contribution >= 4 is 17.5 Å². The number of benzene rings is 2. The second-order valence-electron chi connectivity index (χ2n) is 6.66. The van der Waals surface area contributed by atoms with Gasteiger partial charge in [0, 0.05) is 17.6 Å². The second kappa shape index (κ2) is 8.39. The zero-order valence-electron chi connectivity index (χ0n) is 15.5. The highest BCUT2D eigenvalue weighted by molar-refractivity contribution is 6.22. The molecule has 25 heavy (non-hydrogen) atoms. The first-order valence-corrected chi connectivity index (χ1v) is 8.99. The second-order valence-corrected chi connectivity index (χ2v) is 7.10. The first-order valence-electron chi connectivity index (χ1n) is 8.55. The first kappa shape index (κ1) is 19.3. The van der Waals surface area contributed by atoms with E-state index in [-0.39, 0.29) is 23.4 Å². The molecule has 0 saturated heterocycles. The minimum atomic E-state index is -0.287. The van der Waals surface area contributed by atoms with Gasteiger partial charge in [-0.15, -0.1) is 11.6 Å². The highest BCUT2D eigenvalue weighted by atomic mass is 35.5. The van der Waals surface area contributed by atoms with E-state index in [2.05, 4.69) is 0 Å². The number of alkyl halides is 1. The minimum Gasteiger partial charge on any atom is -0.497 e. The lowest BCUT2D eigenvalue weighted by atomic mass is 10.0. The van der Waals surface area contributed by atoms with Crippen molar-refractivity contribution in [1.29, 1.82) is 0 Å². The fourth-order valence-corrected chi connectivity index (χ4v) is 3.28. The number of hydrogen-bond donors (Lipinski definition) is 0. The van der Waals surface area contributed by atoms with Gasteiger partial charge >= 0.3 is 0 Å². The largest absolute Gasteiger partial charge is 0.497 e. The molecule has 0 aliphatic carbocycles. The lowest BCUT2D eigenvalue weighted by Crippen LogP contribution is -2.42. The Morgan fingerprint density at radius 2 is 1.56 bits per heavy atom. The molecule has 1 atom stereocenters. The van der Waals surface area contributed by atoms with Gasteiger partial charge in [0.15, 0.2) is 0 Å². The van der Waals surface area contributed by atoms with Crippen LogP contribution >= 0.6 is 11.6 Å². The van der Waals surface area contributed by atoms with Crippen LogP contribution in [0.1, 0.15) is 54.6 Å². The van der Waals surface area contributed by atoms with Gasteiger partial charge in [0.25, 0.3) is 5.91 Å². The third-order valence-corrected chi connectivity index (χ3v) is 4.69. The van der Waals surface area contributed by atoms with Crippen molar-refractivity contribution < 1.29 is 9.53 Å². The summed E-state index contributed by atoms with van der Waals surface area (Å²) in [6, 6.07) is 15.6. The Labute approximate surface area is 155 Å². The molecule has 0 spiro atoms. The molecule has 0 N–H and O–H groups in total. The van der Waals surface area contributed by atoms with Crippen molar-refractivity contribution in [1.82, 2.24) is 4.90 Å². The molecule has 4 heteroatoms. The van der Waals surface area contributed by atoms with Crippen molar-refractivity contribution in [2.24, 2.45) is 0 Å². The summed E-state index contributed by atoms with van der Waals surface area (Å²) in [7, 11) is 1.64. The molecular weight excluding hydrogens is 334 g/mol. The highest BCUT2D eigenvalue weighted by Gasteiger charge is 2.22. The van der Waals surface area contributed by atoms with Crippen LogP contribution < -0.4 is 4.74 Å². The maximum atomic E-state index is 12.7. The number of nitrogens with zero attached hydrogens (tertiary/aromatic N) is 1. The molecule has 2 rings (SSSR count). The lowest BCUT2D eigenvalue weighted by Gasteiger charge is -2.31. The highest BCUT2D eigenvalue weighted by Crippen LogP contribution is 2.31. The summed E-state index contributed by atoms with van der Waals surface area (Å²) in [6.07, 6.45) is 0. The fraction of sp³-hybridized carbons (Fsp3) is 0.381. The molecule has 0 bridgehead atoms. The van der Waals surface area contributed by atoms with Crippen LogP contribution in [-0.2, 0) is 0 Å². The first-order chi connectivity index (χ1) is 11.8. The third kappa shape index (κ3) is 4.55. The number of methoxy groups -OCH3 is 1. The van der Waals surface area contributed by atoms with Crippen LogP contribution in [-0.4, -0.2) is 30.0 Å². The van der Waals surface area contributed by atoms with Crippen LogP contribution in [0.5, 0.6) is 5.75 Å². The molecule has 134 valence electrons. The van der Waals surface area contributed by atoms with Gasteiger partial charge in [0.2, 0.25) is 0 Å². The molecule has 0 aliphatic heterocycles. The maximum absolute atomic E-state index is 12.7. The number of hydrogen-bond acceptors (Lipinski definition) is 2. The summed E-state index contributed by atoms with van der Waals surface area (Å²) < 4.78 is 5.25.